The van der Waals surface area contributed by atoms with Crippen molar-refractivity contribution in [3.05, 3.63) is 69.4 Å². The lowest BCUT2D eigenvalue weighted by Crippen LogP contribution is -2.16. The lowest BCUT2D eigenvalue weighted by atomic mass is 9.90. The Labute approximate surface area is 173 Å². The van der Waals surface area contributed by atoms with Crippen LogP contribution in [0.1, 0.15) is 25.3 Å². The highest BCUT2D eigenvalue weighted by Gasteiger charge is 2.26. The molecule has 0 aromatic heterocycles. The molecule has 0 saturated carbocycles. The molecule has 0 saturated heterocycles. The lowest BCUT2D eigenvalue weighted by Gasteiger charge is -2.19. The van der Waals surface area contributed by atoms with E-state index in [1.54, 1.807) is 18.2 Å². The van der Waals surface area contributed by atoms with Crippen LogP contribution in [-0.4, -0.2) is 24.5 Å². The summed E-state index contributed by atoms with van der Waals surface area (Å²) in [4.78, 5) is 23.5. The number of methoxy groups -OCH3 is 1. The fourth-order valence-corrected chi connectivity index (χ4v) is 3.67. The molecule has 8 heteroatoms. The van der Waals surface area contributed by atoms with Gasteiger partial charge in [0.05, 0.1) is 30.0 Å². The Kier molecular flexibility index (Phi) is 5.14. The smallest absolute Gasteiger partial charge is 0.310 e. The Balaban J connectivity index is 1.69. The second-order valence-corrected chi connectivity index (χ2v) is 6.93. The third kappa shape index (κ3) is 3.59. The topological polar surface area (TPSA) is 103 Å². The molecule has 2 aromatic rings. The summed E-state index contributed by atoms with van der Waals surface area (Å²) in [5.74, 6) is 0.743. The maximum atomic E-state index is 12.8. The molecule has 2 N–H and O–H groups in total. The standard InChI is InChI=1S/C22H21N3O5/c1-3-30-15-6-8-17-19(12-15)24-22(26)16-7-4-13(10-18(16)23-17)14-5-9-20(25(27)28)21(11-14)29-2/h5-6,8-12,23H,3-4,7H2,1-2H3,(H,24,26). The number of nitrogens with one attached hydrogen (secondary N) is 2. The molecule has 30 heavy (non-hydrogen) atoms. The quantitative estimate of drug-likeness (QED) is 0.559. The van der Waals surface area contributed by atoms with E-state index in [0.717, 1.165) is 16.8 Å². The Morgan fingerprint density at radius 2 is 1.93 bits per heavy atom. The van der Waals surface area contributed by atoms with Gasteiger partial charge in [0.25, 0.3) is 5.91 Å². The number of hydrogen-bond donors (Lipinski definition) is 2. The first kappa shape index (κ1) is 19.5. The third-order valence-corrected chi connectivity index (χ3v) is 5.13. The van der Waals surface area contributed by atoms with Gasteiger partial charge in [-0.2, -0.15) is 0 Å². The molecule has 0 bridgehead atoms. The molecule has 0 unspecified atom stereocenters. The molecule has 2 aromatic carbocycles. The second kappa shape index (κ2) is 7.90. The van der Waals surface area contributed by atoms with Crippen molar-refractivity contribution < 1.29 is 19.2 Å². The average Bonchev–Trinajstić information content (AvgIpc) is 2.88. The highest BCUT2D eigenvalue weighted by molar-refractivity contribution is 6.09. The first-order valence-electron chi connectivity index (χ1n) is 9.62. The summed E-state index contributed by atoms with van der Waals surface area (Å²) in [5.41, 5.74) is 4.53. The summed E-state index contributed by atoms with van der Waals surface area (Å²) >= 11 is 0. The van der Waals surface area contributed by atoms with Crippen molar-refractivity contribution in [2.75, 3.05) is 24.4 Å². The van der Waals surface area contributed by atoms with Gasteiger partial charge in [-0.3, -0.25) is 14.9 Å². The molecule has 2 aliphatic rings. The molecule has 1 heterocycles. The number of ether oxygens (including phenoxy) is 2. The van der Waals surface area contributed by atoms with E-state index < -0.39 is 4.92 Å². The van der Waals surface area contributed by atoms with Gasteiger partial charge in [-0.1, -0.05) is 0 Å². The van der Waals surface area contributed by atoms with Gasteiger partial charge in [0.1, 0.15) is 5.75 Å². The zero-order chi connectivity index (χ0) is 21.3. The Morgan fingerprint density at radius 1 is 1.10 bits per heavy atom. The van der Waals surface area contributed by atoms with Gasteiger partial charge >= 0.3 is 5.69 Å². The van der Waals surface area contributed by atoms with E-state index in [1.807, 2.05) is 25.1 Å². The number of allylic oxidation sites excluding steroid dienone is 2. The van der Waals surface area contributed by atoms with Crippen molar-refractivity contribution in [3.63, 3.8) is 0 Å². The number of carbonyl (C=O) groups is 1. The number of nitrogens with zero attached hydrogens (tertiary/aromatic N) is 1. The molecule has 1 aliphatic carbocycles. The van der Waals surface area contributed by atoms with Crippen LogP contribution in [0.3, 0.4) is 0 Å². The first-order valence-corrected chi connectivity index (χ1v) is 9.62. The van der Waals surface area contributed by atoms with Gasteiger partial charge in [0.2, 0.25) is 0 Å². The van der Waals surface area contributed by atoms with Crippen LogP contribution in [-0.2, 0) is 4.79 Å². The van der Waals surface area contributed by atoms with Gasteiger partial charge in [0.15, 0.2) is 5.75 Å². The third-order valence-electron chi connectivity index (χ3n) is 5.13. The van der Waals surface area contributed by atoms with Crippen molar-refractivity contribution >= 4 is 28.5 Å². The van der Waals surface area contributed by atoms with E-state index in [2.05, 4.69) is 10.6 Å². The van der Waals surface area contributed by atoms with Crippen LogP contribution in [0.2, 0.25) is 0 Å². The number of benzene rings is 2. The molecule has 0 fully saturated rings. The summed E-state index contributed by atoms with van der Waals surface area (Å²) in [5, 5.41) is 17.4. The van der Waals surface area contributed by atoms with Crippen LogP contribution < -0.4 is 20.1 Å². The number of nitro benzene ring substituents is 1. The maximum absolute atomic E-state index is 12.8. The first-order chi connectivity index (χ1) is 14.5. The van der Waals surface area contributed by atoms with E-state index in [4.69, 9.17) is 9.47 Å². The molecule has 4 rings (SSSR count). The van der Waals surface area contributed by atoms with Crippen molar-refractivity contribution in [1.29, 1.82) is 0 Å². The summed E-state index contributed by atoms with van der Waals surface area (Å²) < 4.78 is 10.7. The summed E-state index contributed by atoms with van der Waals surface area (Å²) in [6.07, 6.45) is 3.10. The van der Waals surface area contributed by atoms with Crippen LogP contribution in [0.5, 0.6) is 11.5 Å². The molecule has 1 amide bonds. The predicted octanol–water partition coefficient (Wildman–Crippen LogP) is 4.50. The van der Waals surface area contributed by atoms with Crippen molar-refractivity contribution in [1.82, 2.24) is 0 Å². The van der Waals surface area contributed by atoms with Crippen LogP contribution in [0.25, 0.3) is 5.57 Å². The van der Waals surface area contributed by atoms with Crippen molar-refractivity contribution in [3.8, 4) is 11.5 Å². The van der Waals surface area contributed by atoms with Crippen molar-refractivity contribution in [2.45, 2.75) is 19.8 Å². The average molecular weight is 407 g/mol. The van der Waals surface area contributed by atoms with Gasteiger partial charge in [0, 0.05) is 23.4 Å². The SMILES string of the molecule is CCOc1ccc2c(c1)NC(=O)C1=C(C=C(c3ccc([N+](=O)[O-])c(OC)c3)CC1)N2. The molecular weight excluding hydrogens is 386 g/mol. The maximum Gasteiger partial charge on any atom is 0.310 e. The monoisotopic (exact) mass is 407 g/mol. The minimum absolute atomic E-state index is 0.0800. The molecule has 154 valence electrons. The van der Waals surface area contributed by atoms with E-state index in [0.29, 0.717) is 42.2 Å². The van der Waals surface area contributed by atoms with E-state index in [-0.39, 0.29) is 17.3 Å². The number of amides is 1. The lowest BCUT2D eigenvalue weighted by molar-refractivity contribution is -0.385. The van der Waals surface area contributed by atoms with Crippen LogP contribution in [0.15, 0.2) is 53.7 Å². The normalized spacial score (nSPS) is 15.1. The highest BCUT2D eigenvalue weighted by atomic mass is 16.6. The van der Waals surface area contributed by atoms with Gasteiger partial charge in [-0.05, 0) is 61.2 Å². The Morgan fingerprint density at radius 3 is 2.67 bits per heavy atom. The number of anilines is 2. The predicted molar refractivity (Wildman–Crippen MR) is 114 cm³/mol. The number of rotatable bonds is 5. The van der Waals surface area contributed by atoms with Crippen LogP contribution >= 0.6 is 0 Å². The number of hydrogen-bond acceptors (Lipinski definition) is 6. The Hall–Kier alpha value is -3.81. The minimum Gasteiger partial charge on any atom is -0.494 e. The minimum atomic E-state index is -0.469. The van der Waals surface area contributed by atoms with Gasteiger partial charge in [-0.25, -0.2) is 0 Å². The summed E-state index contributed by atoms with van der Waals surface area (Å²) in [6, 6.07) is 10.3. The van der Waals surface area contributed by atoms with Crippen LogP contribution in [0, 0.1) is 10.1 Å². The number of fused-ring (bicyclic) bond motifs is 1. The molecule has 0 radical (unpaired) electrons. The fraction of sp³-hybridized carbons (Fsp3) is 0.227. The molecule has 0 atom stereocenters. The second-order valence-electron chi connectivity index (χ2n) is 6.93. The molecule has 0 spiro atoms. The zero-order valence-corrected chi connectivity index (χ0v) is 16.7. The Bertz CT molecular complexity index is 1100. The highest BCUT2D eigenvalue weighted by Crippen LogP contribution is 2.39. The molecule has 8 nitrogen and oxygen atoms in total. The fourth-order valence-electron chi connectivity index (χ4n) is 3.67. The van der Waals surface area contributed by atoms with Gasteiger partial charge < -0.3 is 20.1 Å². The van der Waals surface area contributed by atoms with E-state index >= 15 is 0 Å². The summed E-state index contributed by atoms with van der Waals surface area (Å²) in [6.45, 7) is 2.45. The molecular formula is C22H21N3O5. The largest absolute Gasteiger partial charge is 0.494 e. The zero-order valence-electron chi connectivity index (χ0n) is 16.7. The summed E-state index contributed by atoms with van der Waals surface area (Å²) in [7, 11) is 1.41. The van der Waals surface area contributed by atoms with Crippen LogP contribution in [0.4, 0.5) is 17.1 Å². The van der Waals surface area contributed by atoms with Crippen molar-refractivity contribution in [2.24, 2.45) is 0 Å². The van der Waals surface area contributed by atoms with E-state index in [9.17, 15) is 14.9 Å². The number of nitro groups is 1. The van der Waals surface area contributed by atoms with E-state index in [1.165, 1.54) is 13.2 Å². The number of carbonyl (C=O) groups excluding carboxylic acids is 1. The molecule has 1 aliphatic heterocycles. The van der Waals surface area contributed by atoms with Gasteiger partial charge in [-0.15, -0.1) is 0 Å².